The van der Waals surface area contributed by atoms with Crippen molar-refractivity contribution >= 4 is 11.6 Å². The normalized spacial score (nSPS) is 10.6. The van der Waals surface area contributed by atoms with Crippen molar-refractivity contribution in [1.82, 2.24) is 9.97 Å². The molecule has 1 aromatic rings. The molecule has 1 aromatic heterocycles. The molecule has 0 aromatic carbocycles. The highest BCUT2D eigenvalue weighted by molar-refractivity contribution is 5.58. The maximum absolute atomic E-state index is 8.79. The third-order valence-electron chi connectivity index (χ3n) is 3.23. The van der Waals surface area contributed by atoms with Crippen molar-refractivity contribution in [1.29, 1.82) is 0 Å². The van der Waals surface area contributed by atoms with Gasteiger partial charge in [-0.2, -0.15) is 0 Å². The van der Waals surface area contributed by atoms with Gasteiger partial charge in [0.15, 0.2) is 0 Å². The van der Waals surface area contributed by atoms with Gasteiger partial charge in [0.1, 0.15) is 17.5 Å². The van der Waals surface area contributed by atoms with Crippen molar-refractivity contribution in [3.63, 3.8) is 0 Å². The van der Waals surface area contributed by atoms with Gasteiger partial charge in [-0.3, -0.25) is 0 Å². The van der Waals surface area contributed by atoms with E-state index < -0.39 is 0 Å². The fourth-order valence-electron chi connectivity index (χ4n) is 2.07. The first-order chi connectivity index (χ1) is 9.13. The van der Waals surface area contributed by atoms with Crippen LogP contribution in [0.5, 0.6) is 0 Å². The fraction of sp³-hybridized carbons (Fsp3) is 0.714. The van der Waals surface area contributed by atoms with Crippen LogP contribution in [0.4, 0.5) is 11.6 Å². The van der Waals surface area contributed by atoms with E-state index in [9.17, 15) is 0 Å². The average molecular weight is 266 g/mol. The van der Waals surface area contributed by atoms with Gasteiger partial charge in [0, 0.05) is 39.2 Å². The summed E-state index contributed by atoms with van der Waals surface area (Å²) in [5, 5.41) is 11.9. The number of aryl methyl sites for hydroxylation is 1. The Morgan fingerprint density at radius 2 is 1.95 bits per heavy atom. The van der Waals surface area contributed by atoms with Crippen LogP contribution in [0.25, 0.3) is 0 Å². The third-order valence-corrected chi connectivity index (χ3v) is 3.23. The van der Waals surface area contributed by atoms with Gasteiger partial charge in [0.2, 0.25) is 0 Å². The van der Waals surface area contributed by atoms with Gasteiger partial charge in [0.25, 0.3) is 0 Å². The van der Waals surface area contributed by atoms with Crippen LogP contribution in [-0.2, 0) is 6.42 Å². The molecule has 1 heterocycles. The van der Waals surface area contributed by atoms with Crippen LogP contribution in [0.2, 0.25) is 0 Å². The SMILES string of the molecule is CCc1nc(NC)c(C)c(N(C)CCCCCO)n1. The predicted octanol–water partition coefficient (Wildman–Crippen LogP) is 1.99. The molecule has 2 N–H and O–H groups in total. The van der Waals surface area contributed by atoms with Crippen molar-refractivity contribution in [2.24, 2.45) is 0 Å². The lowest BCUT2D eigenvalue weighted by Gasteiger charge is -2.22. The summed E-state index contributed by atoms with van der Waals surface area (Å²) >= 11 is 0. The van der Waals surface area contributed by atoms with Gasteiger partial charge in [-0.15, -0.1) is 0 Å². The first-order valence-corrected chi connectivity index (χ1v) is 7.01. The number of hydrogen-bond acceptors (Lipinski definition) is 5. The van der Waals surface area contributed by atoms with Crippen molar-refractivity contribution in [2.75, 3.05) is 37.5 Å². The van der Waals surface area contributed by atoms with E-state index in [2.05, 4.69) is 34.2 Å². The summed E-state index contributed by atoms with van der Waals surface area (Å²) in [6.07, 6.45) is 3.82. The number of unbranched alkanes of at least 4 members (excludes halogenated alkanes) is 2. The molecule has 0 saturated carbocycles. The molecule has 0 atom stereocenters. The molecule has 0 radical (unpaired) electrons. The summed E-state index contributed by atoms with van der Waals surface area (Å²) in [6.45, 7) is 5.34. The standard InChI is InChI=1S/C14H26N4O/c1-5-12-16-13(15-3)11(2)14(17-12)18(4)9-7-6-8-10-19/h19H,5-10H2,1-4H3,(H,15,16,17). The molecule has 1 rings (SSSR count). The number of nitrogens with zero attached hydrogens (tertiary/aromatic N) is 3. The van der Waals surface area contributed by atoms with Gasteiger partial charge < -0.3 is 15.3 Å². The lowest BCUT2D eigenvalue weighted by Crippen LogP contribution is -2.22. The molecule has 108 valence electrons. The predicted molar refractivity (Wildman–Crippen MR) is 79.9 cm³/mol. The molecule has 5 nitrogen and oxygen atoms in total. The number of aliphatic hydroxyl groups is 1. The highest BCUT2D eigenvalue weighted by Crippen LogP contribution is 2.22. The molecule has 0 unspecified atom stereocenters. The van der Waals surface area contributed by atoms with Crippen LogP contribution in [0.1, 0.15) is 37.6 Å². The lowest BCUT2D eigenvalue weighted by atomic mass is 10.2. The number of hydrogen-bond donors (Lipinski definition) is 2. The van der Waals surface area contributed by atoms with Gasteiger partial charge in [-0.05, 0) is 26.2 Å². The second kappa shape index (κ2) is 7.94. The maximum Gasteiger partial charge on any atom is 0.137 e. The topological polar surface area (TPSA) is 61.3 Å². The van der Waals surface area contributed by atoms with E-state index in [0.717, 1.165) is 55.3 Å². The molecule has 0 aliphatic carbocycles. The molecule has 0 saturated heterocycles. The van der Waals surface area contributed by atoms with Crippen molar-refractivity contribution in [2.45, 2.75) is 39.5 Å². The van der Waals surface area contributed by atoms with Gasteiger partial charge >= 0.3 is 0 Å². The number of rotatable bonds is 8. The largest absolute Gasteiger partial charge is 0.396 e. The molecule has 0 bridgehead atoms. The van der Waals surface area contributed by atoms with Crippen LogP contribution >= 0.6 is 0 Å². The van der Waals surface area contributed by atoms with Gasteiger partial charge in [-0.25, -0.2) is 9.97 Å². The summed E-state index contributed by atoms with van der Waals surface area (Å²) in [6, 6.07) is 0. The molecule has 19 heavy (non-hydrogen) atoms. The van der Waals surface area contributed by atoms with E-state index >= 15 is 0 Å². The van der Waals surface area contributed by atoms with Crippen molar-refractivity contribution in [3.8, 4) is 0 Å². The monoisotopic (exact) mass is 266 g/mol. The van der Waals surface area contributed by atoms with Crippen molar-refractivity contribution in [3.05, 3.63) is 11.4 Å². The minimum Gasteiger partial charge on any atom is -0.396 e. The Balaban J connectivity index is 2.79. The first-order valence-electron chi connectivity index (χ1n) is 7.01. The average Bonchev–Trinajstić information content (AvgIpc) is 2.43. The highest BCUT2D eigenvalue weighted by Gasteiger charge is 2.12. The molecule has 0 aliphatic rings. The zero-order chi connectivity index (χ0) is 14.3. The Morgan fingerprint density at radius 3 is 2.53 bits per heavy atom. The maximum atomic E-state index is 8.79. The minimum absolute atomic E-state index is 0.278. The number of aromatic nitrogens is 2. The van der Waals surface area contributed by atoms with E-state index in [0.29, 0.717) is 0 Å². The summed E-state index contributed by atoms with van der Waals surface area (Å²) in [7, 11) is 3.95. The third kappa shape index (κ3) is 4.35. The Bertz CT molecular complexity index is 395. The van der Waals surface area contributed by atoms with Crippen LogP contribution in [0.15, 0.2) is 0 Å². The quantitative estimate of drug-likeness (QED) is 0.705. The smallest absolute Gasteiger partial charge is 0.137 e. The van der Waals surface area contributed by atoms with Gasteiger partial charge in [-0.1, -0.05) is 6.92 Å². The zero-order valence-corrected chi connectivity index (χ0v) is 12.5. The fourth-order valence-corrected chi connectivity index (χ4v) is 2.07. The summed E-state index contributed by atoms with van der Waals surface area (Å²) < 4.78 is 0. The molecule has 0 amide bonds. The molecular weight excluding hydrogens is 240 g/mol. The van der Waals surface area contributed by atoms with Gasteiger partial charge in [0.05, 0.1) is 0 Å². The second-order valence-corrected chi connectivity index (χ2v) is 4.75. The minimum atomic E-state index is 0.278. The summed E-state index contributed by atoms with van der Waals surface area (Å²) in [4.78, 5) is 11.3. The lowest BCUT2D eigenvalue weighted by molar-refractivity contribution is 0.283. The molecule has 0 fully saturated rings. The molecule has 0 spiro atoms. The molecule has 5 heteroatoms. The second-order valence-electron chi connectivity index (χ2n) is 4.75. The van der Waals surface area contributed by atoms with E-state index in [-0.39, 0.29) is 6.61 Å². The van der Waals surface area contributed by atoms with E-state index in [1.807, 2.05) is 14.0 Å². The number of nitrogens with one attached hydrogen (secondary N) is 1. The van der Waals surface area contributed by atoms with E-state index in [1.165, 1.54) is 0 Å². The zero-order valence-electron chi connectivity index (χ0n) is 12.5. The number of anilines is 2. The van der Waals surface area contributed by atoms with Crippen LogP contribution < -0.4 is 10.2 Å². The van der Waals surface area contributed by atoms with Crippen LogP contribution in [0.3, 0.4) is 0 Å². The number of aliphatic hydroxyl groups excluding tert-OH is 1. The molecular formula is C14H26N4O. The highest BCUT2D eigenvalue weighted by atomic mass is 16.2. The van der Waals surface area contributed by atoms with Crippen LogP contribution in [0, 0.1) is 6.92 Å². The summed E-state index contributed by atoms with van der Waals surface area (Å²) in [5.41, 5.74) is 1.09. The van der Waals surface area contributed by atoms with Crippen molar-refractivity contribution < 1.29 is 5.11 Å². The van der Waals surface area contributed by atoms with Crippen LogP contribution in [-0.4, -0.2) is 42.3 Å². The first kappa shape index (κ1) is 15.7. The Morgan fingerprint density at radius 1 is 1.21 bits per heavy atom. The Kier molecular flexibility index (Phi) is 6.56. The Labute approximate surface area is 116 Å². The van der Waals surface area contributed by atoms with E-state index in [1.54, 1.807) is 0 Å². The van der Waals surface area contributed by atoms with E-state index in [4.69, 9.17) is 5.11 Å². The Hall–Kier alpha value is -1.36. The molecule has 0 aliphatic heterocycles. The summed E-state index contributed by atoms with van der Waals surface area (Å²) in [5.74, 6) is 2.77.